The predicted molar refractivity (Wildman–Crippen MR) is 131 cm³/mol. The van der Waals surface area contributed by atoms with Crippen molar-refractivity contribution < 1.29 is 27.4 Å². The first-order valence-electron chi connectivity index (χ1n) is 10.8. The molecule has 5 nitrogen and oxygen atoms in total. The molecule has 3 aromatic rings. The maximum atomic E-state index is 12.8. The van der Waals surface area contributed by atoms with Crippen molar-refractivity contribution in [2.24, 2.45) is 0 Å². The Hall–Kier alpha value is -2.62. The molecule has 0 saturated carbocycles. The number of hydrogen-bond acceptors (Lipinski definition) is 6. The van der Waals surface area contributed by atoms with E-state index in [4.69, 9.17) is 21.1 Å². The van der Waals surface area contributed by atoms with Crippen molar-refractivity contribution in [1.29, 1.82) is 0 Å². The second kappa shape index (κ2) is 11.0. The van der Waals surface area contributed by atoms with Gasteiger partial charge in [-0.15, -0.1) is 11.3 Å². The van der Waals surface area contributed by atoms with Crippen molar-refractivity contribution in [3.8, 4) is 17.0 Å². The number of rotatable bonds is 9. The summed E-state index contributed by atoms with van der Waals surface area (Å²) in [7, 11) is 1.93. The molecule has 2 aromatic carbocycles. The minimum Gasteiger partial charge on any atom is -0.475 e. The molecule has 188 valence electrons. The molecule has 0 radical (unpaired) electrons. The van der Waals surface area contributed by atoms with Crippen molar-refractivity contribution in [3.63, 3.8) is 0 Å². The summed E-state index contributed by atoms with van der Waals surface area (Å²) < 4.78 is 49.1. The summed E-state index contributed by atoms with van der Waals surface area (Å²) in [5, 5.41) is 3.05. The highest BCUT2D eigenvalue weighted by Crippen LogP contribution is 2.32. The molecule has 1 aromatic heterocycles. The van der Waals surface area contributed by atoms with Gasteiger partial charge in [0.25, 0.3) is 0 Å². The maximum Gasteiger partial charge on any atom is 0.416 e. The van der Waals surface area contributed by atoms with E-state index in [1.165, 1.54) is 23.5 Å². The molecule has 0 unspecified atom stereocenters. The van der Waals surface area contributed by atoms with Gasteiger partial charge in [0.2, 0.25) is 0 Å². The molecule has 0 bridgehead atoms. The summed E-state index contributed by atoms with van der Waals surface area (Å²) in [6, 6.07) is 10.4. The van der Waals surface area contributed by atoms with Crippen LogP contribution in [0.5, 0.6) is 5.75 Å². The molecule has 35 heavy (non-hydrogen) atoms. The summed E-state index contributed by atoms with van der Waals surface area (Å²) in [4.78, 5) is 18.7. The summed E-state index contributed by atoms with van der Waals surface area (Å²) in [6.07, 6.45) is -4.36. The number of halogens is 4. The van der Waals surface area contributed by atoms with E-state index in [0.717, 1.165) is 22.7 Å². The van der Waals surface area contributed by atoms with E-state index in [-0.39, 0.29) is 6.61 Å². The van der Waals surface area contributed by atoms with Crippen LogP contribution in [0.2, 0.25) is 5.02 Å². The quantitative estimate of drug-likeness (QED) is 0.286. The van der Waals surface area contributed by atoms with Crippen LogP contribution in [0.1, 0.15) is 36.9 Å². The van der Waals surface area contributed by atoms with Gasteiger partial charge in [-0.1, -0.05) is 29.8 Å². The Bertz CT molecular complexity index is 1160. The molecule has 0 saturated heterocycles. The van der Waals surface area contributed by atoms with Gasteiger partial charge >= 0.3 is 12.1 Å². The van der Waals surface area contributed by atoms with Crippen molar-refractivity contribution in [1.82, 2.24) is 9.88 Å². The molecule has 0 aliphatic heterocycles. The van der Waals surface area contributed by atoms with Gasteiger partial charge in [-0.2, -0.15) is 13.2 Å². The third-order valence-electron chi connectivity index (χ3n) is 5.05. The van der Waals surface area contributed by atoms with Gasteiger partial charge in [0.1, 0.15) is 10.8 Å². The lowest BCUT2D eigenvalue weighted by Crippen LogP contribution is -2.39. The third kappa shape index (κ3) is 7.19. The lowest BCUT2D eigenvalue weighted by atomic mass is 10.1. The lowest BCUT2D eigenvalue weighted by molar-refractivity contribution is -0.158. The van der Waals surface area contributed by atoms with Crippen LogP contribution in [0.4, 0.5) is 13.2 Å². The van der Waals surface area contributed by atoms with Crippen LogP contribution in [0.25, 0.3) is 11.3 Å². The molecular formula is C25H26ClF3N2O3S. The first-order valence-corrected chi connectivity index (χ1v) is 12.1. The number of hydrogen-bond donors (Lipinski definition) is 0. The van der Waals surface area contributed by atoms with E-state index < -0.39 is 23.3 Å². The zero-order valence-corrected chi connectivity index (χ0v) is 21.4. The molecule has 3 rings (SSSR count). The first-order chi connectivity index (χ1) is 16.4. The molecule has 10 heteroatoms. The zero-order valence-electron chi connectivity index (χ0n) is 19.8. The highest BCUT2D eigenvalue weighted by Gasteiger charge is 2.32. The smallest absolute Gasteiger partial charge is 0.416 e. The standard InChI is InChI=1S/C25H26ClF3N2O3S/c1-5-33-23(32)24(2,3)34-21-11-6-16(12-19(21)26)13-31(4)14-22-30-20(15-35-22)17-7-9-18(10-8-17)25(27,28)29/h6-12,15H,5,13-14H2,1-4H3. The first kappa shape index (κ1) is 27.0. The number of carbonyl (C=O) groups excluding carboxylic acids is 1. The highest BCUT2D eigenvalue weighted by atomic mass is 35.5. The average molecular weight is 527 g/mol. The number of thiazole rings is 1. The SMILES string of the molecule is CCOC(=O)C(C)(C)Oc1ccc(CN(C)Cc2nc(-c3ccc(C(F)(F)F)cc3)cs2)cc1Cl. The van der Waals surface area contributed by atoms with Crippen LogP contribution in [-0.2, 0) is 28.8 Å². The minimum absolute atomic E-state index is 0.259. The lowest BCUT2D eigenvalue weighted by Gasteiger charge is -2.25. The second-order valence-corrected chi connectivity index (χ2v) is 9.82. The van der Waals surface area contributed by atoms with Crippen molar-refractivity contribution in [2.75, 3.05) is 13.7 Å². The molecule has 0 aliphatic rings. The average Bonchev–Trinajstić information content (AvgIpc) is 3.23. The fourth-order valence-corrected chi connectivity index (χ4v) is 4.42. The second-order valence-electron chi connectivity index (χ2n) is 8.47. The molecule has 0 aliphatic carbocycles. The fourth-order valence-electron chi connectivity index (χ4n) is 3.29. The summed E-state index contributed by atoms with van der Waals surface area (Å²) in [5.41, 5.74) is 0.361. The van der Waals surface area contributed by atoms with Crippen LogP contribution in [0.15, 0.2) is 47.8 Å². The van der Waals surface area contributed by atoms with Crippen molar-refractivity contribution >= 4 is 28.9 Å². The van der Waals surface area contributed by atoms with Crippen molar-refractivity contribution in [2.45, 2.75) is 45.6 Å². The largest absolute Gasteiger partial charge is 0.475 e. The van der Waals surface area contributed by atoms with Gasteiger partial charge < -0.3 is 9.47 Å². The van der Waals surface area contributed by atoms with E-state index in [1.807, 2.05) is 23.4 Å². The Balaban J connectivity index is 1.61. The van der Waals surface area contributed by atoms with Gasteiger partial charge in [0.15, 0.2) is 5.60 Å². The summed E-state index contributed by atoms with van der Waals surface area (Å²) >= 11 is 7.84. The number of esters is 1. The number of carbonyl (C=O) groups is 1. The van der Waals surface area contributed by atoms with Crippen LogP contribution in [-0.4, -0.2) is 35.1 Å². The predicted octanol–water partition coefficient (Wildman–Crippen LogP) is 6.83. The van der Waals surface area contributed by atoms with E-state index >= 15 is 0 Å². The number of alkyl halides is 3. The van der Waals surface area contributed by atoms with E-state index in [9.17, 15) is 18.0 Å². The molecule has 0 N–H and O–H groups in total. The molecule has 0 amide bonds. The topological polar surface area (TPSA) is 51.7 Å². The summed E-state index contributed by atoms with van der Waals surface area (Å²) in [5.74, 6) is -0.0868. The number of aromatic nitrogens is 1. The van der Waals surface area contributed by atoms with E-state index in [2.05, 4.69) is 4.98 Å². The van der Waals surface area contributed by atoms with Gasteiger partial charge in [-0.05, 0) is 57.6 Å². The monoisotopic (exact) mass is 526 g/mol. The Morgan fingerprint density at radius 1 is 1.11 bits per heavy atom. The fraction of sp³-hybridized carbons (Fsp3) is 0.360. The Labute approximate surface area is 211 Å². The van der Waals surface area contributed by atoms with Crippen LogP contribution >= 0.6 is 22.9 Å². The Morgan fingerprint density at radius 2 is 1.80 bits per heavy atom. The van der Waals surface area contributed by atoms with E-state index in [1.54, 1.807) is 32.9 Å². The zero-order chi connectivity index (χ0) is 25.8. The van der Waals surface area contributed by atoms with Crippen LogP contribution in [0, 0.1) is 0 Å². The number of nitrogens with zero attached hydrogens (tertiary/aromatic N) is 2. The third-order valence-corrected chi connectivity index (χ3v) is 6.17. The molecular weight excluding hydrogens is 501 g/mol. The van der Waals surface area contributed by atoms with Crippen LogP contribution in [0.3, 0.4) is 0 Å². The number of benzene rings is 2. The van der Waals surface area contributed by atoms with Gasteiger partial charge in [0, 0.05) is 17.5 Å². The van der Waals surface area contributed by atoms with Gasteiger partial charge in [-0.25, -0.2) is 9.78 Å². The van der Waals surface area contributed by atoms with Gasteiger partial charge in [0.05, 0.1) is 29.4 Å². The van der Waals surface area contributed by atoms with Crippen molar-refractivity contribution in [3.05, 3.63) is 69.0 Å². The molecule has 0 fully saturated rings. The number of ether oxygens (including phenoxy) is 2. The molecule has 1 heterocycles. The normalized spacial score (nSPS) is 12.1. The highest BCUT2D eigenvalue weighted by molar-refractivity contribution is 7.09. The van der Waals surface area contributed by atoms with E-state index in [0.29, 0.717) is 35.1 Å². The Kier molecular flexibility index (Phi) is 8.46. The molecule has 0 spiro atoms. The molecule has 0 atom stereocenters. The Morgan fingerprint density at radius 3 is 2.40 bits per heavy atom. The van der Waals surface area contributed by atoms with Gasteiger partial charge in [-0.3, -0.25) is 4.90 Å². The minimum atomic E-state index is -4.36. The van der Waals surface area contributed by atoms with Crippen LogP contribution < -0.4 is 4.74 Å². The maximum absolute atomic E-state index is 12.8. The summed E-state index contributed by atoms with van der Waals surface area (Å²) in [6.45, 7) is 6.36.